The molecule has 160 valence electrons. The zero-order valence-electron chi connectivity index (χ0n) is 17.4. The van der Waals surface area contributed by atoms with Crippen LogP contribution in [-0.2, 0) is 21.3 Å². The first-order chi connectivity index (χ1) is 14.6. The van der Waals surface area contributed by atoms with Crippen molar-refractivity contribution < 1.29 is 18.5 Å². The fourth-order valence-corrected chi connectivity index (χ4v) is 5.68. The quantitative estimate of drug-likeness (QED) is 0.720. The fraction of sp³-hybridized carbons (Fsp3) is 0.458. The van der Waals surface area contributed by atoms with Crippen LogP contribution in [0.25, 0.3) is 0 Å². The predicted octanol–water partition coefficient (Wildman–Crippen LogP) is 4.78. The van der Waals surface area contributed by atoms with Crippen molar-refractivity contribution in [3.63, 3.8) is 0 Å². The number of fused-ring (bicyclic) bond motifs is 1. The Hall–Kier alpha value is -2.34. The van der Waals surface area contributed by atoms with E-state index in [-0.39, 0.29) is 11.8 Å². The van der Waals surface area contributed by atoms with Gasteiger partial charge in [0.2, 0.25) is 5.91 Å². The molecule has 1 saturated carbocycles. The van der Waals surface area contributed by atoms with Crippen LogP contribution in [0.2, 0.25) is 0 Å². The molecule has 1 heterocycles. The van der Waals surface area contributed by atoms with Crippen LogP contribution in [0.3, 0.4) is 0 Å². The normalized spacial score (nSPS) is 18.4. The second-order valence-corrected chi connectivity index (χ2v) is 9.82. The topological polar surface area (TPSA) is 64.6 Å². The maximum atomic E-state index is 12.8. The molecular formula is C24H29NO4S. The van der Waals surface area contributed by atoms with Gasteiger partial charge in [-0.25, -0.2) is 0 Å². The molecule has 2 aromatic rings. The molecule has 1 aliphatic heterocycles. The van der Waals surface area contributed by atoms with Crippen LogP contribution >= 0.6 is 0 Å². The van der Waals surface area contributed by atoms with E-state index in [2.05, 4.69) is 5.32 Å². The van der Waals surface area contributed by atoms with Gasteiger partial charge in [0.05, 0.1) is 5.92 Å². The van der Waals surface area contributed by atoms with E-state index in [1.807, 2.05) is 49.4 Å². The van der Waals surface area contributed by atoms with Crippen LogP contribution in [0.4, 0.5) is 5.69 Å². The summed E-state index contributed by atoms with van der Waals surface area (Å²) in [5, 5.41) is 3.32. The van der Waals surface area contributed by atoms with Crippen molar-refractivity contribution >= 4 is 22.4 Å². The van der Waals surface area contributed by atoms with Crippen molar-refractivity contribution in [3.05, 3.63) is 53.6 Å². The highest BCUT2D eigenvalue weighted by Crippen LogP contribution is 2.33. The van der Waals surface area contributed by atoms with Crippen LogP contribution in [0.15, 0.2) is 42.5 Å². The minimum atomic E-state index is -0.857. The molecule has 2 atom stereocenters. The summed E-state index contributed by atoms with van der Waals surface area (Å²) < 4.78 is 23.9. The van der Waals surface area contributed by atoms with Gasteiger partial charge in [-0.15, -0.1) is 0 Å². The van der Waals surface area contributed by atoms with Crippen LogP contribution < -0.4 is 14.8 Å². The monoisotopic (exact) mass is 427 g/mol. The maximum absolute atomic E-state index is 12.8. The Morgan fingerprint density at radius 2 is 1.83 bits per heavy atom. The summed E-state index contributed by atoms with van der Waals surface area (Å²) in [6.45, 7) is 2.94. The Labute approximate surface area is 180 Å². The molecule has 1 amide bonds. The van der Waals surface area contributed by atoms with Crippen LogP contribution in [-0.4, -0.2) is 28.6 Å². The molecule has 1 fully saturated rings. The first-order valence-corrected chi connectivity index (χ1v) is 12.1. The molecule has 0 aromatic heterocycles. The number of hydrogen-bond acceptors (Lipinski definition) is 4. The Balaban J connectivity index is 1.39. The number of anilines is 1. The van der Waals surface area contributed by atoms with Crippen molar-refractivity contribution in [1.29, 1.82) is 0 Å². The van der Waals surface area contributed by atoms with Crippen molar-refractivity contribution in [2.45, 2.75) is 55.9 Å². The lowest BCUT2D eigenvalue weighted by atomic mass is 9.99. The van der Waals surface area contributed by atoms with Gasteiger partial charge in [-0.3, -0.25) is 9.00 Å². The Bertz CT molecular complexity index is 923. The lowest BCUT2D eigenvalue weighted by molar-refractivity contribution is -0.117. The number of hydrogen-bond donors (Lipinski definition) is 1. The zero-order valence-corrected chi connectivity index (χ0v) is 18.2. The first kappa shape index (κ1) is 20.9. The first-order valence-electron chi connectivity index (χ1n) is 10.8. The second-order valence-electron chi connectivity index (χ2n) is 8.10. The second kappa shape index (κ2) is 9.65. The summed E-state index contributed by atoms with van der Waals surface area (Å²) in [6, 6.07) is 13.4. The number of nitrogens with one attached hydrogen (secondary N) is 1. The number of benzene rings is 2. The van der Waals surface area contributed by atoms with Gasteiger partial charge in [0.15, 0.2) is 11.5 Å². The Morgan fingerprint density at radius 1 is 1.07 bits per heavy atom. The van der Waals surface area contributed by atoms with Gasteiger partial charge in [-0.05, 0) is 55.2 Å². The third-order valence-electron chi connectivity index (χ3n) is 5.89. The van der Waals surface area contributed by atoms with Crippen LogP contribution in [0.1, 0.15) is 56.1 Å². The molecule has 6 heteroatoms. The van der Waals surface area contributed by atoms with Gasteiger partial charge in [-0.2, -0.15) is 0 Å². The molecule has 0 spiro atoms. The minimum Gasteiger partial charge on any atom is -0.486 e. The molecule has 1 N–H and O–H groups in total. The molecule has 2 aliphatic rings. The summed E-state index contributed by atoms with van der Waals surface area (Å²) in [7, 11) is -0.857. The van der Waals surface area contributed by atoms with Crippen molar-refractivity contribution in [2.75, 3.05) is 18.5 Å². The average molecular weight is 428 g/mol. The molecule has 30 heavy (non-hydrogen) atoms. The Morgan fingerprint density at radius 3 is 2.63 bits per heavy atom. The fourth-order valence-electron chi connectivity index (χ4n) is 4.08. The van der Waals surface area contributed by atoms with Crippen molar-refractivity contribution in [2.24, 2.45) is 0 Å². The third-order valence-corrected chi connectivity index (χ3v) is 7.72. The molecule has 1 aliphatic carbocycles. The molecule has 0 saturated heterocycles. The SMILES string of the molecule is CC(C(=O)Nc1cccc(CS(=O)C2CCCCC2)c1)c1ccc2c(c1)OCCO2. The van der Waals surface area contributed by atoms with Crippen molar-refractivity contribution in [1.82, 2.24) is 0 Å². The van der Waals surface area contributed by atoms with E-state index in [0.29, 0.717) is 30.0 Å². The van der Waals surface area contributed by atoms with Gasteiger partial charge < -0.3 is 14.8 Å². The highest BCUT2D eigenvalue weighted by Gasteiger charge is 2.21. The summed E-state index contributed by atoms with van der Waals surface area (Å²) >= 11 is 0. The van der Waals surface area contributed by atoms with E-state index in [1.54, 1.807) is 0 Å². The molecular weight excluding hydrogens is 398 g/mol. The Kier molecular flexibility index (Phi) is 6.72. The van der Waals surface area contributed by atoms with Gasteiger partial charge in [0, 0.05) is 27.5 Å². The molecule has 4 rings (SSSR count). The molecule has 5 nitrogen and oxygen atoms in total. The molecule has 2 aromatic carbocycles. The smallest absolute Gasteiger partial charge is 0.231 e. The van der Waals surface area contributed by atoms with Gasteiger partial charge in [-0.1, -0.05) is 37.5 Å². The number of carbonyl (C=O) groups is 1. The number of ether oxygens (including phenoxy) is 2. The van der Waals surface area contributed by atoms with E-state index < -0.39 is 10.8 Å². The highest BCUT2D eigenvalue weighted by atomic mass is 32.2. The van der Waals surface area contributed by atoms with Crippen LogP contribution in [0, 0.1) is 0 Å². The average Bonchev–Trinajstić information content (AvgIpc) is 2.79. The lowest BCUT2D eigenvalue weighted by Gasteiger charge is -2.21. The van der Waals surface area contributed by atoms with Gasteiger partial charge in [0.1, 0.15) is 13.2 Å². The summed E-state index contributed by atoms with van der Waals surface area (Å²) in [4.78, 5) is 12.8. The van der Waals surface area contributed by atoms with Gasteiger partial charge in [0.25, 0.3) is 0 Å². The highest BCUT2D eigenvalue weighted by molar-refractivity contribution is 7.84. The van der Waals surface area contributed by atoms with Gasteiger partial charge >= 0.3 is 0 Å². The van der Waals surface area contributed by atoms with Crippen molar-refractivity contribution in [3.8, 4) is 11.5 Å². The zero-order chi connectivity index (χ0) is 20.9. The number of amides is 1. The summed E-state index contributed by atoms with van der Waals surface area (Å²) in [5.41, 5.74) is 2.62. The van der Waals surface area contributed by atoms with Crippen LogP contribution in [0.5, 0.6) is 11.5 Å². The largest absolute Gasteiger partial charge is 0.486 e. The third kappa shape index (κ3) is 5.04. The van der Waals surface area contributed by atoms with E-state index in [0.717, 1.165) is 35.4 Å². The van der Waals surface area contributed by atoms with E-state index >= 15 is 0 Å². The van der Waals surface area contributed by atoms with E-state index in [1.165, 1.54) is 19.3 Å². The predicted molar refractivity (Wildman–Crippen MR) is 120 cm³/mol. The maximum Gasteiger partial charge on any atom is 0.231 e. The number of carbonyl (C=O) groups excluding carboxylic acids is 1. The molecule has 0 bridgehead atoms. The minimum absolute atomic E-state index is 0.0859. The van der Waals surface area contributed by atoms with E-state index in [4.69, 9.17) is 9.47 Å². The number of rotatable bonds is 6. The molecule has 0 radical (unpaired) electrons. The summed E-state index contributed by atoms with van der Waals surface area (Å²) in [5.74, 6) is 1.53. The van der Waals surface area contributed by atoms with E-state index in [9.17, 15) is 9.00 Å². The molecule has 2 unspecified atom stereocenters. The summed E-state index contributed by atoms with van der Waals surface area (Å²) in [6.07, 6.45) is 5.76. The lowest BCUT2D eigenvalue weighted by Crippen LogP contribution is -2.21. The standard InChI is InChI=1S/C24H29NO4S/c1-17(19-10-11-22-23(15-19)29-13-12-28-22)24(26)25-20-7-5-6-18(14-20)16-30(27)21-8-3-2-4-9-21/h5-7,10-11,14-15,17,21H,2-4,8-9,12-13,16H2,1H3,(H,25,26).